The summed E-state index contributed by atoms with van der Waals surface area (Å²) in [7, 11) is 0. The van der Waals surface area contributed by atoms with Crippen LogP contribution in [-0.4, -0.2) is 35.3 Å². The van der Waals surface area contributed by atoms with Crippen LogP contribution in [-0.2, 0) is 4.79 Å². The molecule has 3 rings (SSSR count). The summed E-state index contributed by atoms with van der Waals surface area (Å²) in [6.45, 7) is 0.872. The fourth-order valence-electron chi connectivity index (χ4n) is 2.91. The largest absolute Gasteiger partial charge is 0.396 e. The Bertz CT molecular complexity index is 560. The number of aliphatic hydroxyl groups is 2. The van der Waals surface area contributed by atoms with Gasteiger partial charge in [0.05, 0.1) is 10.7 Å². The van der Waals surface area contributed by atoms with E-state index in [1.807, 2.05) is 6.07 Å². The number of hydrogen-bond acceptors (Lipinski definition) is 4. The van der Waals surface area contributed by atoms with Crippen molar-refractivity contribution in [3.63, 3.8) is 0 Å². The average Bonchev–Trinajstić information content (AvgIpc) is 2.67. The van der Waals surface area contributed by atoms with E-state index in [-0.39, 0.29) is 6.61 Å². The summed E-state index contributed by atoms with van der Waals surface area (Å²) >= 11 is 6.37. The molecule has 1 unspecified atom stereocenters. The maximum absolute atomic E-state index is 11.5. The van der Waals surface area contributed by atoms with Gasteiger partial charge in [-0.05, 0) is 37.8 Å². The summed E-state index contributed by atoms with van der Waals surface area (Å²) in [6, 6.07) is 3.94. The molecule has 0 aromatic heterocycles. The lowest BCUT2D eigenvalue weighted by atomic mass is 9.90. The van der Waals surface area contributed by atoms with Gasteiger partial charge in [0.15, 0.2) is 6.10 Å². The van der Waals surface area contributed by atoms with Gasteiger partial charge in [-0.2, -0.15) is 0 Å². The summed E-state index contributed by atoms with van der Waals surface area (Å²) in [5.74, 6) is -0.413. The molecule has 1 atom stereocenters. The van der Waals surface area contributed by atoms with Gasteiger partial charge in [0.1, 0.15) is 0 Å². The zero-order valence-electron chi connectivity index (χ0n) is 11.7. The van der Waals surface area contributed by atoms with Crippen LogP contribution in [0.25, 0.3) is 0 Å². The van der Waals surface area contributed by atoms with Gasteiger partial charge in [-0.1, -0.05) is 11.6 Å². The van der Waals surface area contributed by atoms with E-state index in [4.69, 9.17) is 16.7 Å². The number of nitrogens with one attached hydrogen (secondary N) is 1. The molecular formula is C15H19ClN2O3. The second-order valence-electron chi connectivity index (χ2n) is 5.64. The van der Waals surface area contributed by atoms with E-state index in [0.717, 1.165) is 25.1 Å². The number of carbonyl (C=O) groups is 1. The molecule has 6 heteroatoms. The molecule has 1 amide bonds. The Kier molecular flexibility index (Phi) is 4.06. The van der Waals surface area contributed by atoms with Crippen LogP contribution in [0.15, 0.2) is 12.1 Å². The number of halogens is 1. The smallest absolute Gasteiger partial charge is 0.257 e. The van der Waals surface area contributed by atoms with E-state index in [2.05, 4.69) is 10.2 Å². The summed E-state index contributed by atoms with van der Waals surface area (Å²) < 4.78 is 0. The van der Waals surface area contributed by atoms with Gasteiger partial charge in [-0.15, -0.1) is 0 Å². The van der Waals surface area contributed by atoms with Crippen molar-refractivity contribution in [1.29, 1.82) is 0 Å². The number of hydrogen-bond donors (Lipinski definition) is 3. The predicted octanol–water partition coefficient (Wildman–Crippen LogP) is 2.07. The highest BCUT2D eigenvalue weighted by atomic mass is 35.5. The first-order valence-corrected chi connectivity index (χ1v) is 7.69. The molecule has 1 fully saturated rings. The molecule has 5 nitrogen and oxygen atoms in total. The highest BCUT2D eigenvalue weighted by molar-refractivity contribution is 6.33. The molecule has 0 radical (unpaired) electrons. The molecular weight excluding hydrogens is 292 g/mol. The van der Waals surface area contributed by atoms with Crippen molar-refractivity contribution in [1.82, 2.24) is 0 Å². The molecule has 0 bridgehead atoms. The van der Waals surface area contributed by atoms with Crippen molar-refractivity contribution >= 4 is 28.9 Å². The summed E-state index contributed by atoms with van der Waals surface area (Å²) in [6.07, 6.45) is 2.99. The van der Waals surface area contributed by atoms with E-state index in [0.29, 0.717) is 28.7 Å². The third-order valence-corrected chi connectivity index (χ3v) is 4.60. The zero-order chi connectivity index (χ0) is 15.0. The van der Waals surface area contributed by atoms with E-state index in [1.54, 1.807) is 6.07 Å². The zero-order valence-corrected chi connectivity index (χ0v) is 12.4. The molecule has 1 aromatic rings. The van der Waals surface area contributed by atoms with E-state index < -0.39 is 12.0 Å². The van der Waals surface area contributed by atoms with Crippen molar-refractivity contribution in [2.45, 2.75) is 37.8 Å². The van der Waals surface area contributed by atoms with E-state index >= 15 is 0 Å². The van der Waals surface area contributed by atoms with E-state index in [9.17, 15) is 9.90 Å². The SMILES string of the molecule is O=C1Nc2cc(N(CCCO)C3CCC3)c(Cl)cc2C1O. The normalized spacial score (nSPS) is 20.9. The maximum atomic E-state index is 11.5. The van der Waals surface area contributed by atoms with Crippen molar-refractivity contribution in [3.8, 4) is 0 Å². The van der Waals surface area contributed by atoms with Gasteiger partial charge >= 0.3 is 0 Å². The van der Waals surface area contributed by atoms with Gasteiger partial charge < -0.3 is 20.4 Å². The second kappa shape index (κ2) is 5.83. The Morgan fingerprint density at radius 1 is 1.38 bits per heavy atom. The number of nitrogens with zero attached hydrogens (tertiary/aromatic N) is 1. The lowest BCUT2D eigenvalue weighted by Gasteiger charge is -2.40. The minimum absolute atomic E-state index is 0.140. The van der Waals surface area contributed by atoms with Gasteiger partial charge in [-0.3, -0.25) is 4.79 Å². The van der Waals surface area contributed by atoms with Crippen molar-refractivity contribution in [3.05, 3.63) is 22.7 Å². The average molecular weight is 311 g/mol. The van der Waals surface area contributed by atoms with Crippen molar-refractivity contribution in [2.75, 3.05) is 23.4 Å². The first-order chi connectivity index (χ1) is 10.1. The number of rotatable bonds is 5. The molecule has 21 heavy (non-hydrogen) atoms. The van der Waals surface area contributed by atoms with Gasteiger partial charge in [0, 0.05) is 30.4 Å². The molecule has 1 aromatic carbocycles. The fourth-order valence-corrected chi connectivity index (χ4v) is 3.19. The molecule has 1 aliphatic carbocycles. The van der Waals surface area contributed by atoms with Crippen LogP contribution in [0.4, 0.5) is 11.4 Å². The lowest BCUT2D eigenvalue weighted by molar-refractivity contribution is -0.123. The fraction of sp³-hybridized carbons (Fsp3) is 0.533. The first-order valence-electron chi connectivity index (χ1n) is 7.31. The molecule has 2 aliphatic rings. The van der Waals surface area contributed by atoms with Gasteiger partial charge in [-0.25, -0.2) is 0 Å². The number of benzene rings is 1. The molecule has 0 spiro atoms. The van der Waals surface area contributed by atoms with Crippen LogP contribution in [0.5, 0.6) is 0 Å². The summed E-state index contributed by atoms with van der Waals surface area (Å²) in [4.78, 5) is 13.8. The second-order valence-corrected chi connectivity index (χ2v) is 6.05. The number of carbonyl (C=O) groups excluding carboxylic acids is 1. The van der Waals surface area contributed by atoms with Crippen LogP contribution in [0.3, 0.4) is 0 Å². The molecule has 1 saturated carbocycles. The van der Waals surface area contributed by atoms with Crippen molar-refractivity contribution in [2.24, 2.45) is 0 Å². The molecule has 0 saturated heterocycles. The lowest BCUT2D eigenvalue weighted by Crippen LogP contribution is -2.41. The van der Waals surface area contributed by atoms with Crippen LogP contribution in [0, 0.1) is 0 Å². The minimum atomic E-state index is -1.14. The number of amides is 1. The third kappa shape index (κ3) is 2.61. The first kappa shape index (κ1) is 14.6. The minimum Gasteiger partial charge on any atom is -0.396 e. The highest BCUT2D eigenvalue weighted by Crippen LogP contribution is 2.41. The van der Waals surface area contributed by atoms with Crippen molar-refractivity contribution < 1.29 is 15.0 Å². The van der Waals surface area contributed by atoms with Gasteiger partial charge in [0.2, 0.25) is 0 Å². The number of aliphatic hydroxyl groups excluding tert-OH is 2. The van der Waals surface area contributed by atoms with E-state index in [1.165, 1.54) is 6.42 Å². The molecule has 114 valence electrons. The molecule has 1 aliphatic heterocycles. The Morgan fingerprint density at radius 3 is 2.76 bits per heavy atom. The predicted molar refractivity (Wildman–Crippen MR) is 81.7 cm³/mol. The standard InChI is InChI=1S/C15H19ClN2O3/c16-11-7-10-12(17-15(21)14(10)20)8-13(11)18(5-2-6-19)9-3-1-4-9/h7-9,14,19-20H,1-6H2,(H,17,21). The quantitative estimate of drug-likeness (QED) is 0.778. The van der Waals surface area contributed by atoms with Crippen LogP contribution in [0.2, 0.25) is 5.02 Å². The monoisotopic (exact) mass is 310 g/mol. The maximum Gasteiger partial charge on any atom is 0.257 e. The summed E-state index contributed by atoms with van der Waals surface area (Å²) in [5.41, 5.74) is 2.02. The Morgan fingerprint density at radius 2 is 2.14 bits per heavy atom. The highest BCUT2D eigenvalue weighted by Gasteiger charge is 2.32. The third-order valence-electron chi connectivity index (χ3n) is 4.30. The van der Waals surface area contributed by atoms with Crippen LogP contribution in [0.1, 0.15) is 37.4 Å². The molecule has 1 heterocycles. The van der Waals surface area contributed by atoms with Crippen LogP contribution < -0.4 is 10.2 Å². The number of anilines is 2. The topological polar surface area (TPSA) is 72.8 Å². The van der Waals surface area contributed by atoms with Crippen LogP contribution >= 0.6 is 11.6 Å². The summed E-state index contributed by atoms with van der Waals surface area (Å²) in [5, 5.41) is 22.1. The Hall–Kier alpha value is -1.30. The number of fused-ring (bicyclic) bond motifs is 1. The van der Waals surface area contributed by atoms with Gasteiger partial charge in [0.25, 0.3) is 5.91 Å². The Labute approximate surface area is 128 Å². The Balaban J connectivity index is 1.93. The molecule has 3 N–H and O–H groups in total.